The molecule has 1 aromatic rings. The molecule has 0 unspecified atom stereocenters. The third kappa shape index (κ3) is 1.32. The van der Waals surface area contributed by atoms with Gasteiger partial charge in [-0.15, -0.1) is 0 Å². The fourth-order valence-electron chi connectivity index (χ4n) is 1.41. The molecule has 76 valence electrons. The summed E-state index contributed by atoms with van der Waals surface area (Å²) in [4.78, 5) is 0. The van der Waals surface area contributed by atoms with Gasteiger partial charge in [0, 0.05) is 5.56 Å². The topological polar surface area (TPSA) is 38.7 Å². The van der Waals surface area contributed by atoms with Crippen LogP contribution in [-0.4, -0.2) is 11.9 Å². The third-order valence-corrected chi connectivity index (χ3v) is 2.14. The van der Waals surface area contributed by atoms with Crippen molar-refractivity contribution in [3.63, 3.8) is 0 Å². The summed E-state index contributed by atoms with van der Waals surface area (Å²) in [6.07, 6.45) is 0. The lowest BCUT2D eigenvalue weighted by Crippen LogP contribution is -2.17. The summed E-state index contributed by atoms with van der Waals surface area (Å²) in [5.41, 5.74) is -1.01. The molecule has 0 atom stereocenters. The van der Waals surface area contributed by atoms with Crippen LogP contribution >= 0.6 is 0 Å². The number of aliphatic hydroxyl groups is 1. The van der Waals surface area contributed by atoms with Gasteiger partial charge in [0.05, 0.1) is 5.60 Å². The lowest BCUT2D eigenvalue weighted by molar-refractivity contribution is 0.0738. The average Bonchev–Trinajstić information content (AvgIpc) is 2.50. The van der Waals surface area contributed by atoms with Crippen LogP contribution in [0.3, 0.4) is 0 Å². The van der Waals surface area contributed by atoms with Crippen LogP contribution < -0.4 is 9.47 Å². The highest BCUT2D eigenvalue weighted by atomic mass is 19.1. The molecule has 0 saturated carbocycles. The normalized spacial score (nSPS) is 14.6. The van der Waals surface area contributed by atoms with E-state index in [1.54, 1.807) is 6.07 Å². The van der Waals surface area contributed by atoms with E-state index in [-0.39, 0.29) is 18.1 Å². The van der Waals surface area contributed by atoms with Gasteiger partial charge in [0.15, 0.2) is 11.6 Å². The standard InChI is InChI=1S/C10H11FO3/c1-10(2,12)6-3-4-7-9(8(6)11)14-5-13-7/h3-4,12H,5H2,1-2H3. The van der Waals surface area contributed by atoms with Crippen molar-refractivity contribution in [1.82, 2.24) is 0 Å². The van der Waals surface area contributed by atoms with Crippen LogP contribution in [0.5, 0.6) is 11.5 Å². The van der Waals surface area contributed by atoms with Gasteiger partial charge < -0.3 is 14.6 Å². The highest BCUT2D eigenvalue weighted by Gasteiger charge is 2.27. The lowest BCUT2D eigenvalue weighted by atomic mass is 9.97. The summed E-state index contributed by atoms with van der Waals surface area (Å²) in [5, 5.41) is 9.66. The number of hydrogen-bond donors (Lipinski definition) is 1. The molecule has 0 spiro atoms. The van der Waals surface area contributed by atoms with E-state index in [0.29, 0.717) is 5.75 Å². The number of ether oxygens (including phenoxy) is 2. The molecular weight excluding hydrogens is 187 g/mol. The molecule has 0 aliphatic carbocycles. The van der Waals surface area contributed by atoms with Gasteiger partial charge in [-0.05, 0) is 26.0 Å². The zero-order valence-corrected chi connectivity index (χ0v) is 8.00. The predicted octanol–water partition coefficient (Wildman–Crippen LogP) is 1.78. The molecule has 0 aromatic heterocycles. The molecule has 0 saturated heterocycles. The van der Waals surface area contributed by atoms with E-state index in [1.807, 2.05) is 0 Å². The highest BCUT2D eigenvalue weighted by Crippen LogP contribution is 2.39. The molecule has 0 bridgehead atoms. The summed E-state index contributed by atoms with van der Waals surface area (Å²) >= 11 is 0. The molecule has 1 aliphatic rings. The Morgan fingerprint density at radius 1 is 1.36 bits per heavy atom. The second kappa shape index (κ2) is 2.85. The van der Waals surface area contributed by atoms with Gasteiger partial charge in [0.2, 0.25) is 12.5 Å². The van der Waals surface area contributed by atoms with Gasteiger partial charge in [0.25, 0.3) is 0 Å². The van der Waals surface area contributed by atoms with Gasteiger partial charge in [-0.1, -0.05) is 0 Å². The summed E-state index contributed by atoms with van der Waals surface area (Å²) in [6, 6.07) is 3.10. The van der Waals surface area contributed by atoms with Gasteiger partial charge in [-0.2, -0.15) is 0 Å². The second-order valence-corrected chi connectivity index (χ2v) is 3.72. The molecular formula is C10H11FO3. The Bertz CT molecular complexity index is 368. The van der Waals surface area contributed by atoms with E-state index in [0.717, 1.165) is 0 Å². The highest BCUT2D eigenvalue weighted by molar-refractivity contribution is 5.47. The van der Waals surface area contributed by atoms with Crippen LogP contribution in [0.1, 0.15) is 19.4 Å². The van der Waals surface area contributed by atoms with Crippen molar-refractivity contribution >= 4 is 0 Å². The molecule has 2 rings (SSSR count). The summed E-state index contributed by atoms with van der Waals surface area (Å²) < 4.78 is 23.7. The molecule has 0 amide bonds. The van der Waals surface area contributed by atoms with Gasteiger partial charge in [0.1, 0.15) is 0 Å². The third-order valence-electron chi connectivity index (χ3n) is 2.14. The Hall–Kier alpha value is -1.29. The minimum absolute atomic E-state index is 0.0293. The SMILES string of the molecule is CC(C)(O)c1ccc2c(c1F)OCO2. The molecule has 4 heteroatoms. The van der Waals surface area contributed by atoms with Crippen LogP contribution in [0.2, 0.25) is 0 Å². The lowest BCUT2D eigenvalue weighted by Gasteiger charge is -2.18. The summed E-state index contributed by atoms with van der Waals surface area (Å²) in [7, 11) is 0. The number of benzene rings is 1. The maximum atomic E-state index is 13.7. The molecule has 0 radical (unpaired) electrons. The zero-order chi connectivity index (χ0) is 10.3. The first-order chi connectivity index (χ1) is 6.50. The maximum Gasteiger partial charge on any atom is 0.231 e. The largest absolute Gasteiger partial charge is 0.453 e. The van der Waals surface area contributed by atoms with E-state index < -0.39 is 11.4 Å². The van der Waals surface area contributed by atoms with Crippen LogP contribution in [0.25, 0.3) is 0 Å². The van der Waals surface area contributed by atoms with Crippen molar-refractivity contribution in [3.8, 4) is 11.5 Å². The molecule has 3 nitrogen and oxygen atoms in total. The Kier molecular flexibility index (Phi) is 1.89. The number of fused-ring (bicyclic) bond motifs is 1. The maximum absolute atomic E-state index is 13.7. The minimum Gasteiger partial charge on any atom is -0.453 e. The molecule has 1 aliphatic heterocycles. The van der Waals surface area contributed by atoms with Gasteiger partial charge in [-0.3, -0.25) is 0 Å². The first-order valence-corrected chi connectivity index (χ1v) is 4.31. The van der Waals surface area contributed by atoms with Crippen molar-refractivity contribution in [2.24, 2.45) is 0 Å². The fourth-order valence-corrected chi connectivity index (χ4v) is 1.41. The zero-order valence-electron chi connectivity index (χ0n) is 8.00. The van der Waals surface area contributed by atoms with Crippen molar-refractivity contribution in [1.29, 1.82) is 0 Å². The monoisotopic (exact) mass is 198 g/mol. The Morgan fingerprint density at radius 3 is 2.71 bits per heavy atom. The van der Waals surface area contributed by atoms with E-state index in [9.17, 15) is 9.50 Å². The number of halogens is 1. The van der Waals surface area contributed by atoms with E-state index in [4.69, 9.17) is 9.47 Å². The number of hydrogen-bond acceptors (Lipinski definition) is 3. The second-order valence-electron chi connectivity index (χ2n) is 3.72. The Balaban J connectivity index is 2.56. The summed E-state index contributed by atoms with van der Waals surface area (Å²) in [6.45, 7) is 3.07. The van der Waals surface area contributed by atoms with E-state index >= 15 is 0 Å². The van der Waals surface area contributed by atoms with Gasteiger partial charge >= 0.3 is 0 Å². The number of rotatable bonds is 1. The van der Waals surface area contributed by atoms with Crippen molar-refractivity contribution in [2.75, 3.05) is 6.79 Å². The van der Waals surface area contributed by atoms with E-state index in [1.165, 1.54) is 19.9 Å². The Morgan fingerprint density at radius 2 is 2.07 bits per heavy atom. The van der Waals surface area contributed by atoms with Crippen LogP contribution in [-0.2, 0) is 5.60 Å². The molecule has 1 aromatic carbocycles. The Labute approximate surface area is 81.1 Å². The molecule has 14 heavy (non-hydrogen) atoms. The van der Waals surface area contributed by atoms with Crippen LogP contribution in [0, 0.1) is 5.82 Å². The predicted molar refractivity (Wildman–Crippen MR) is 47.8 cm³/mol. The van der Waals surface area contributed by atoms with Crippen molar-refractivity contribution in [3.05, 3.63) is 23.5 Å². The van der Waals surface area contributed by atoms with Crippen LogP contribution in [0.4, 0.5) is 4.39 Å². The minimum atomic E-state index is -1.22. The smallest absolute Gasteiger partial charge is 0.231 e. The van der Waals surface area contributed by atoms with Crippen molar-refractivity contribution < 1.29 is 19.0 Å². The van der Waals surface area contributed by atoms with Gasteiger partial charge in [-0.25, -0.2) is 4.39 Å². The molecule has 1 N–H and O–H groups in total. The van der Waals surface area contributed by atoms with Crippen molar-refractivity contribution in [2.45, 2.75) is 19.4 Å². The quantitative estimate of drug-likeness (QED) is 0.747. The average molecular weight is 198 g/mol. The molecule has 0 fully saturated rings. The first kappa shape index (κ1) is 9.27. The fraction of sp³-hybridized carbons (Fsp3) is 0.400. The summed E-state index contributed by atoms with van der Waals surface area (Å²) in [5.74, 6) is -0.0763. The van der Waals surface area contributed by atoms with Crippen LogP contribution in [0.15, 0.2) is 12.1 Å². The first-order valence-electron chi connectivity index (χ1n) is 4.31. The van der Waals surface area contributed by atoms with E-state index in [2.05, 4.69) is 0 Å². The molecule has 1 heterocycles.